The third-order valence-electron chi connectivity index (χ3n) is 4.73. The van der Waals surface area contributed by atoms with Gasteiger partial charge in [-0.05, 0) is 66.5 Å². The Kier molecular flexibility index (Phi) is 5.85. The number of hydrogen-bond acceptors (Lipinski definition) is 5. The lowest BCUT2D eigenvalue weighted by Gasteiger charge is -2.16. The molecular weight excluding hydrogens is 483 g/mol. The number of nitrogens with zero attached hydrogens (tertiary/aromatic N) is 1. The summed E-state index contributed by atoms with van der Waals surface area (Å²) in [5.74, 6) is 1.24. The summed E-state index contributed by atoms with van der Waals surface area (Å²) in [5.41, 5.74) is 2.00. The van der Waals surface area contributed by atoms with Gasteiger partial charge in [0.1, 0.15) is 16.5 Å². The molecule has 0 aliphatic rings. The van der Waals surface area contributed by atoms with Crippen molar-refractivity contribution < 1.29 is 13.9 Å². The summed E-state index contributed by atoms with van der Waals surface area (Å²) < 4.78 is 25.4. The third kappa shape index (κ3) is 4.09. The van der Waals surface area contributed by atoms with Crippen LogP contribution in [0.2, 0.25) is 0 Å². The van der Waals surface area contributed by atoms with Gasteiger partial charge < -0.3 is 14.5 Å². The second kappa shape index (κ2) is 8.43. The van der Waals surface area contributed by atoms with Crippen LogP contribution in [0.15, 0.2) is 45.7 Å². The van der Waals surface area contributed by atoms with Crippen LogP contribution in [0.25, 0.3) is 32.7 Å². The summed E-state index contributed by atoms with van der Waals surface area (Å²) in [6.45, 7) is 5.80. The smallest absolute Gasteiger partial charge is 0.260 e. The maximum atomic E-state index is 13.4. The van der Waals surface area contributed by atoms with Gasteiger partial charge in [0.2, 0.25) is 0 Å². The molecule has 0 spiro atoms. The van der Waals surface area contributed by atoms with Gasteiger partial charge in [-0.15, -0.1) is 11.3 Å². The van der Waals surface area contributed by atoms with Crippen LogP contribution in [-0.2, 0) is 0 Å². The molecule has 2 heterocycles. The van der Waals surface area contributed by atoms with Crippen LogP contribution in [0.5, 0.6) is 11.5 Å². The van der Waals surface area contributed by atoms with Gasteiger partial charge in [0.25, 0.3) is 5.56 Å². The van der Waals surface area contributed by atoms with Crippen LogP contribution in [-0.4, -0.2) is 23.2 Å². The largest absolute Gasteiger partial charge is 0.493 e. The molecule has 1 N–H and O–H groups in total. The minimum absolute atomic E-state index is 0.0238. The number of rotatable bonds is 5. The number of methoxy groups -OCH3 is 1. The van der Waals surface area contributed by atoms with E-state index in [9.17, 15) is 9.18 Å². The zero-order valence-electron chi connectivity index (χ0n) is 17.4. The third-order valence-corrected chi connectivity index (χ3v) is 6.32. The zero-order chi connectivity index (χ0) is 22.3. The second-order valence-corrected chi connectivity index (χ2v) is 9.35. The molecule has 31 heavy (non-hydrogen) atoms. The highest BCUT2D eigenvalue weighted by molar-refractivity contribution is 9.10. The first-order chi connectivity index (χ1) is 14.8. The number of thiophene rings is 1. The van der Waals surface area contributed by atoms with E-state index < -0.39 is 0 Å². The van der Waals surface area contributed by atoms with Crippen molar-refractivity contribution in [1.82, 2.24) is 9.97 Å². The minimum atomic E-state index is -0.320. The molecule has 0 bridgehead atoms. The Bertz CT molecular complexity index is 1330. The van der Waals surface area contributed by atoms with Crippen molar-refractivity contribution >= 4 is 37.5 Å². The normalized spacial score (nSPS) is 11.3. The van der Waals surface area contributed by atoms with Crippen LogP contribution in [0.1, 0.15) is 18.7 Å². The number of nitrogens with one attached hydrogen (secondary N) is 1. The van der Waals surface area contributed by atoms with Gasteiger partial charge in [0.05, 0.1) is 23.1 Å². The number of halogens is 2. The summed E-state index contributed by atoms with van der Waals surface area (Å²) in [6.07, 6.45) is -0.0238. The monoisotopic (exact) mass is 502 g/mol. The average molecular weight is 503 g/mol. The van der Waals surface area contributed by atoms with Gasteiger partial charge in [-0.3, -0.25) is 4.79 Å². The molecule has 4 aromatic rings. The maximum Gasteiger partial charge on any atom is 0.260 e. The second-order valence-electron chi connectivity index (χ2n) is 7.29. The molecule has 0 aliphatic heterocycles. The lowest BCUT2D eigenvalue weighted by molar-refractivity contribution is 0.228. The Labute approximate surface area is 191 Å². The SMILES string of the molecule is COc1cc(-c2nc3sc(C)c(-c4ccc(F)cc4)c3c(=O)[nH]2)cc(Br)c1OC(C)C. The van der Waals surface area contributed by atoms with E-state index in [1.54, 1.807) is 25.3 Å². The molecular formula is C23H20BrFN2O3S. The van der Waals surface area contributed by atoms with E-state index in [0.717, 1.165) is 16.0 Å². The van der Waals surface area contributed by atoms with Crippen molar-refractivity contribution in [1.29, 1.82) is 0 Å². The highest BCUT2D eigenvalue weighted by atomic mass is 79.9. The first-order valence-corrected chi connectivity index (χ1v) is 11.2. The molecule has 2 aromatic carbocycles. The number of benzene rings is 2. The Hall–Kier alpha value is -2.71. The fourth-order valence-corrected chi connectivity index (χ4v) is 5.01. The topological polar surface area (TPSA) is 64.2 Å². The maximum absolute atomic E-state index is 13.4. The molecule has 2 aromatic heterocycles. The first-order valence-electron chi connectivity index (χ1n) is 9.62. The number of H-pyrrole nitrogens is 1. The molecule has 0 radical (unpaired) electrons. The summed E-state index contributed by atoms with van der Waals surface area (Å²) in [5, 5.41) is 0.503. The molecule has 160 valence electrons. The first kappa shape index (κ1) is 21.5. The van der Waals surface area contributed by atoms with Crippen molar-refractivity contribution in [2.45, 2.75) is 26.9 Å². The van der Waals surface area contributed by atoms with Gasteiger partial charge in [-0.25, -0.2) is 9.37 Å². The van der Waals surface area contributed by atoms with Crippen LogP contribution in [0.4, 0.5) is 4.39 Å². The Balaban J connectivity index is 1.87. The Morgan fingerprint density at radius 1 is 1.16 bits per heavy atom. The molecule has 4 rings (SSSR count). The molecule has 5 nitrogen and oxygen atoms in total. The Morgan fingerprint density at radius 3 is 2.52 bits per heavy atom. The standard InChI is InChI=1S/C23H20BrFN2O3S/c1-11(2)30-20-16(24)9-14(10-17(20)29-4)21-26-22(28)19-18(12(3)31-23(19)27-21)13-5-7-15(25)8-6-13/h5-11H,1-4H3,(H,26,27,28). The van der Waals surface area contributed by atoms with Gasteiger partial charge in [0, 0.05) is 16.0 Å². The van der Waals surface area contributed by atoms with Crippen LogP contribution in [0, 0.1) is 12.7 Å². The van der Waals surface area contributed by atoms with Crippen molar-refractivity contribution in [3.63, 3.8) is 0 Å². The number of fused-ring (bicyclic) bond motifs is 1. The van der Waals surface area contributed by atoms with Crippen LogP contribution < -0.4 is 15.0 Å². The molecule has 0 saturated heterocycles. The number of aryl methyl sites for hydroxylation is 1. The summed E-state index contributed by atoms with van der Waals surface area (Å²) in [6, 6.07) is 9.75. The molecule has 0 aliphatic carbocycles. The lowest BCUT2D eigenvalue weighted by Crippen LogP contribution is -2.10. The molecule has 0 fully saturated rings. The zero-order valence-corrected chi connectivity index (χ0v) is 19.8. The molecule has 0 amide bonds. The molecule has 8 heteroatoms. The van der Waals surface area contributed by atoms with E-state index in [-0.39, 0.29) is 17.5 Å². The highest BCUT2D eigenvalue weighted by Gasteiger charge is 2.19. The predicted molar refractivity (Wildman–Crippen MR) is 126 cm³/mol. The molecule has 0 saturated carbocycles. The van der Waals surface area contributed by atoms with Gasteiger partial charge in [-0.2, -0.15) is 0 Å². The summed E-state index contributed by atoms with van der Waals surface area (Å²) >= 11 is 4.97. The van der Waals surface area contributed by atoms with Crippen molar-refractivity contribution in [2.24, 2.45) is 0 Å². The predicted octanol–water partition coefficient (Wildman–Crippen LogP) is 6.32. The number of aromatic nitrogens is 2. The fraction of sp³-hybridized carbons (Fsp3) is 0.217. The van der Waals surface area contributed by atoms with E-state index in [2.05, 4.69) is 20.9 Å². The van der Waals surface area contributed by atoms with Crippen molar-refractivity contribution in [3.05, 3.63) is 61.9 Å². The van der Waals surface area contributed by atoms with Crippen molar-refractivity contribution in [2.75, 3.05) is 7.11 Å². The number of hydrogen-bond donors (Lipinski definition) is 1. The highest BCUT2D eigenvalue weighted by Crippen LogP contribution is 2.40. The van der Waals surface area contributed by atoms with Gasteiger partial charge in [-0.1, -0.05) is 12.1 Å². The summed E-state index contributed by atoms with van der Waals surface area (Å²) in [4.78, 5) is 22.2. The van der Waals surface area contributed by atoms with Crippen LogP contribution >= 0.6 is 27.3 Å². The average Bonchev–Trinajstić information content (AvgIpc) is 3.06. The van der Waals surface area contributed by atoms with Crippen molar-refractivity contribution in [3.8, 4) is 34.0 Å². The van der Waals surface area contributed by atoms with Crippen LogP contribution in [0.3, 0.4) is 0 Å². The van der Waals surface area contributed by atoms with E-state index in [1.807, 2.05) is 26.8 Å². The van der Waals surface area contributed by atoms with E-state index in [1.165, 1.54) is 23.5 Å². The fourth-order valence-electron chi connectivity index (χ4n) is 3.43. The quantitative estimate of drug-likeness (QED) is 0.346. The summed E-state index contributed by atoms with van der Waals surface area (Å²) in [7, 11) is 1.57. The molecule has 0 unspecified atom stereocenters. The molecule has 0 atom stereocenters. The minimum Gasteiger partial charge on any atom is -0.493 e. The van der Waals surface area contributed by atoms with E-state index in [4.69, 9.17) is 14.5 Å². The Morgan fingerprint density at radius 2 is 1.87 bits per heavy atom. The van der Waals surface area contributed by atoms with E-state index in [0.29, 0.717) is 37.6 Å². The van der Waals surface area contributed by atoms with Gasteiger partial charge >= 0.3 is 0 Å². The van der Waals surface area contributed by atoms with E-state index >= 15 is 0 Å². The lowest BCUT2D eigenvalue weighted by atomic mass is 10.0. The van der Waals surface area contributed by atoms with Gasteiger partial charge in [0.15, 0.2) is 11.5 Å². The number of aromatic amines is 1. The number of ether oxygens (including phenoxy) is 2.